The summed E-state index contributed by atoms with van der Waals surface area (Å²) >= 11 is 0. The molecule has 2 amide bonds. The molecule has 6 nitrogen and oxygen atoms in total. The first kappa shape index (κ1) is 15.1. The third kappa shape index (κ3) is 3.68. The molecule has 0 unspecified atom stereocenters. The van der Waals surface area contributed by atoms with E-state index in [1.807, 2.05) is 18.3 Å². The van der Waals surface area contributed by atoms with Crippen LogP contribution in [0.1, 0.15) is 37.7 Å². The summed E-state index contributed by atoms with van der Waals surface area (Å²) in [6, 6.07) is 3.77. The summed E-state index contributed by atoms with van der Waals surface area (Å²) in [5.41, 5.74) is 0.288. The van der Waals surface area contributed by atoms with Crippen LogP contribution in [0.4, 0.5) is 10.6 Å². The number of amides is 2. The van der Waals surface area contributed by atoms with Crippen molar-refractivity contribution < 1.29 is 9.90 Å². The van der Waals surface area contributed by atoms with Crippen molar-refractivity contribution in [1.29, 1.82) is 0 Å². The van der Waals surface area contributed by atoms with Crippen molar-refractivity contribution in [3.63, 3.8) is 0 Å². The van der Waals surface area contributed by atoms with Gasteiger partial charge in [-0.3, -0.25) is 0 Å². The molecular formula is C16H24N4O2. The zero-order valence-corrected chi connectivity index (χ0v) is 12.8. The smallest absolute Gasteiger partial charge is 0.315 e. The van der Waals surface area contributed by atoms with Crippen LogP contribution in [-0.4, -0.2) is 41.4 Å². The fourth-order valence-corrected chi connectivity index (χ4v) is 2.91. The van der Waals surface area contributed by atoms with Crippen molar-refractivity contribution in [2.45, 2.75) is 44.2 Å². The minimum Gasteiger partial charge on any atom is -0.388 e. The second-order valence-corrected chi connectivity index (χ2v) is 6.33. The Hall–Kier alpha value is -1.82. The van der Waals surface area contributed by atoms with Crippen molar-refractivity contribution in [1.82, 2.24) is 15.6 Å². The molecule has 3 N–H and O–H groups in total. The van der Waals surface area contributed by atoms with Gasteiger partial charge in [-0.15, -0.1) is 0 Å². The molecule has 3 rings (SSSR count). The topological polar surface area (TPSA) is 77.5 Å². The Kier molecular flexibility index (Phi) is 4.47. The molecule has 0 atom stereocenters. The second kappa shape index (κ2) is 6.52. The monoisotopic (exact) mass is 304 g/mol. The highest BCUT2D eigenvalue weighted by molar-refractivity contribution is 5.73. The van der Waals surface area contributed by atoms with Crippen molar-refractivity contribution in [3.8, 4) is 0 Å². The summed E-state index contributed by atoms with van der Waals surface area (Å²) in [6.45, 7) is 2.92. The first-order chi connectivity index (χ1) is 10.6. The third-order valence-electron chi connectivity index (χ3n) is 4.55. The number of aliphatic hydroxyl groups is 1. The van der Waals surface area contributed by atoms with Crippen LogP contribution in [0, 0.1) is 0 Å². The summed E-state index contributed by atoms with van der Waals surface area (Å²) in [5.74, 6) is 1.01. The number of aromatic nitrogens is 1. The Labute approximate surface area is 130 Å². The molecule has 2 heterocycles. The van der Waals surface area contributed by atoms with Gasteiger partial charge in [-0.1, -0.05) is 6.07 Å². The standard InChI is InChI=1S/C16H24N4O2/c21-15(19-12-16(22)6-3-7-16)18-11-13-4-5-14(17-10-13)20-8-1-2-9-20/h4-5,10,22H,1-3,6-9,11-12H2,(H2,18,19,21). The van der Waals surface area contributed by atoms with E-state index in [1.165, 1.54) is 12.8 Å². The van der Waals surface area contributed by atoms with Crippen molar-refractivity contribution in [2.75, 3.05) is 24.5 Å². The van der Waals surface area contributed by atoms with E-state index in [-0.39, 0.29) is 6.03 Å². The maximum Gasteiger partial charge on any atom is 0.315 e. The van der Waals surface area contributed by atoms with Gasteiger partial charge < -0.3 is 20.6 Å². The maximum absolute atomic E-state index is 11.7. The minimum atomic E-state index is -0.684. The molecule has 1 aromatic heterocycles. The minimum absolute atomic E-state index is 0.246. The summed E-state index contributed by atoms with van der Waals surface area (Å²) < 4.78 is 0. The fraction of sp³-hybridized carbons (Fsp3) is 0.625. The Balaban J connectivity index is 1.41. The lowest BCUT2D eigenvalue weighted by atomic mass is 9.80. The number of nitrogens with zero attached hydrogens (tertiary/aromatic N) is 2. The quantitative estimate of drug-likeness (QED) is 0.768. The molecule has 22 heavy (non-hydrogen) atoms. The highest BCUT2D eigenvalue weighted by Crippen LogP contribution is 2.30. The fourth-order valence-electron chi connectivity index (χ4n) is 2.91. The average molecular weight is 304 g/mol. The number of nitrogens with one attached hydrogen (secondary N) is 2. The van der Waals surface area contributed by atoms with Crippen LogP contribution >= 0.6 is 0 Å². The van der Waals surface area contributed by atoms with Gasteiger partial charge in [0.25, 0.3) is 0 Å². The van der Waals surface area contributed by atoms with E-state index >= 15 is 0 Å². The molecule has 1 aliphatic carbocycles. The molecule has 0 spiro atoms. The van der Waals surface area contributed by atoms with Gasteiger partial charge in [0.05, 0.1) is 5.60 Å². The number of hydrogen-bond donors (Lipinski definition) is 3. The van der Waals surface area contributed by atoms with Crippen LogP contribution in [0.15, 0.2) is 18.3 Å². The van der Waals surface area contributed by atoms with E-state index in [2.05, 4.69) is 20.5 Å². The first-order valence-corrected chi connectivity index (χ1v) is 8.09. The lowest BCUT2D eigenvalue weighted by Gasteiger charge is -2.36. The molecule has 1 saturated carbocycles. The summed E-state index contributed by atoms with van der Waals surface area (Å²) in [6.07, 6.45) is 6.86. The van der Waals surface area contributed by atoms with E-state index in [9.17, 15) is 9.90 Å². The zero-order chi connectivity index (χ0) is 15.4. The van der Waals surface area contributed by atoms with Gasteiger partial charge in [-0.25, -0.2) is 9.78 Å². The highest BCUT2D eigenvalue weighted by Gasteiger charge is 2.34. The van der Waals surface area contributed by atoms with Gasteiger partial charge >= 0.3 is 6.03 Å². The molecule has 1 aliphatic heterocycles. The predicted octanol–water partition coefficient (Wildman–Crippen LogP) is 1.40. The Morgan fingerprint density at radius 1 is 1.23 bits per heavy atom. The molecule has 2 aliphatic rings. The number of pyridine rings is 1. The van der Waals surface area contributed by atoms with Crippen molar-refractivity contribution in [3.05, 3.63) is 23.9 Å². The molecule has 0 bridgehead atoms. The van der Waals surface area contributed by atoms with Gasteiger partial charge in [0, 0.05) is 32.4 Å². The lowest BCUT2D eigenvalue weighted by Crippen LogP contribution is -2.49. The van der Waals surface area contributed by atoms with E-state index in [0.29, 0.717) is 13.1 Å². The number of rotatable bonds is 5. The Bertz CT molecular complexity index is 507. The molecule has 120 valence electrons. The number of carbonyl (C=O) groups is 1. The van der Waals surface area contributed by atoms with Crippen LogP contribution in [0.25, 0.3) is 0 Å². The molecule has 0 aromatic carbocycles. The second-order valence-electron chi connectivity index (χ2n) is 6.33. The van der Waals surface area contributed by atoms with E-state index in [1.54, 1.807) is 0 Å². The molecule has 1 aromatic rings. The van der Waals surface area contributed by atoms with Gasteiger partial charge in [0.1, 0.15) is 5.82 Å². The number of anilines is 1. The summed E-state index contributed by atoms with van der Waals surface area (Å²) in [4.78, 5) is 18.5. The Morgan fingerprint density at radius 2 is 2.00 bits per heavy atom. The van der Waals surface area contributed by atoms with Crippen molar-refractivity contribution >= 4 is 11.8 Å². The number of carbonyl (C=O) groups excluding carboxylic acids is 1. The lowest BCUT2D eigenvalue weighted by molar-refractivity contribution is -0.0290. The molecule has 6 heteroatoms. The molecular weight excluding hydrogens is 280 g/mol. The molecule has 2 fully saturated rings. The maximum atomic E-state index is 11.7. The van der Waals surface area contributed by atoms with E-state index < -0.39 is 5.60 Å². The van der Waals surface area contributed by atoms with Crippen LogP contribution in [0.2, 0.25) is 0 Å². The van der Waals surface area contributed by atoms with Gasteiger partial charge in [-0.05, 0) is 43.7 Å². The van der Waals surface area contributed by atoms with Crippen LogP contribution in [0.5, 0.6) is 0 Å². The Morgan fingerprint density at radius 3 is 2.59 bits per heavy atom. The third-order valence-corrected chi connectivity index (χ3v) is 4.55. The van der Waals surface area contributed by atoms with Crippen LogP contribution in [0.3, 0.4) is 0 Å². The highest BCUT2D eigenvalue weighted by atomic mass is 16.3. The zero-order valence-electron chi connectivity index (χ0n) is 12.8. The van der Waals surface area contributed by atoms with Crippen LogP contribution in [-0.2, 0) is 6.54 Å². The summed E-state index contributed by atoms with van der Waals surface area (Å²) in [5, 5.41) is 15.4. The van der Waals surface area contributed by atoms with Gasteiger partial charge in [-0.2, -0.15) is 0 Å². The molecule has 1 saturated heterocycles. The number of hydrogen-bond acceptors (Lipinski definition) is 4. The van der Waals surface area contributed by atoms with Crippen LogP contribution < -0.4 is 15.5 Å². The normalized spacial score (nSPS) is 19.6. The van der Waals surface area contributed by atoms with Gasteiger partial charge in [0.2, 0.25) is 0 Å². The average Bonchev–Trinajstić information content (AvgIpc) is 3.04. The van der Waals surface area contributed by atoms with Gasteiger partial charge in [0.15, 0.2) is 0 Å². The SMILES string of the molecule is O=C(NCc1ccc(N2CCCC2)nc1)NCC1(O)CCC1. The molecule has 0 radical (unpaired) electrons. The predicted molar refractivity (Wildman–Crippen MR) is 84.7 cm³/mol. The first-order valence-electron chi connectivity index (χ1n) is 8.09. The number of urea groups is 1. The van der Waals surface area contributed by atoms with E-state index in [0.717, 1.165) is 43.7 Å². The van der Waals surface area contributed by atoms with Crippen molar-refractivity contribution in [2.24, 2.45) is 0 Å². The van der Waals surface area contributed by atoms with E-state index in [4.69, 9.17) is 0 Å². The largest absolute Gasteiger partial charge is 0.388 e. The summed E-state index contributed by atoms with van der Waals surface area (Å²) in [7, 11) is 0.